The Morgan fingerprint density at radius 1 is 1.22 bits per heavy atom. The number of benzene rings is 2. The molecule has 1 aliphatic rings. The second-order valence-corrected chi connectivity index (χ2v) is 9.07. The molecule has 186 valence electrons. The van der Waals surface area contributed by atoms with Crippen molar-refractivity contribution in [3.8, 4) is 11.4 Å². The third kappa shape index (κ3) is 4.55. The zero-order valence-electron chi connectivity index (χ0n) is 20.4. The van der Waals surface area contributed by atoms with Crippen LogP contribution in [0.5, 0.6) is 5.75 Å². The molecule has 0 saturated carbocycles. The molecule has 0 spiro atoms. The number of carbonyl (C=O) groups excluding carboxylic acids is 1. The molecule has 0 bridgehead atoms. The van der Waals surface area contributed by atoms with Gasteiger partial charge < -0.3 is 15.3 Å². The summed E-state index contributed by atoms with van der Waals surface area (Å²) in [5, 5.41) is 21.7. The molecule has 3 heterocycles. The second kappa shape index (κ2) is 9.82. The zero-order chi connectivity index (χ0) is 25.2. The summed E-state index contributed by atoms with van der Waals surface area (Å²) in [5.41, 5.74) is 3.93. The molecule has 10 heteroatoms. The first kappa shape index (κ1) is 23.6. The molecule has 10 nitrogen and oxygen atoms in total. The number of aromatic hydroxyl groups is 1. The molecule has 2 aromatic carbocycles. The number of aliphatic imine (C=N–C) groups is 1. The fraction of sp³-hybridized carbons (Fsp3) is 0.308. The van der Waals surface area contributed by atoms with Crippen molar-refractivity contribution < 1.29 is 9.90 Å². The van der Waals surface area contributed by atoms with Crippen LogP contribution in [0.1, 0.15) is 31.0 Å². The molecule has 0 radical (unpaired) electrons. The normalized spacial score (nSPS) is 14.6. The van der Waals surface area contributed by atoms with E-state index in [9.17, 15) is 14.7 Å². The maximum absolute atomic E-state index is 13.0. The Morgan fingerprint density at radius 2 is 2.03 bits per heavy atom. The van der Waals surface area contributed by atoms with Gasteiger partial charge in [0.25, 0.3) is 5.56 Å². The highest BCUT2D eigenvalue weighted by Crippen LogP contribution is 2.38. The lowest BCUT2D eigenvalue weighted by Gasteiger charge is -2.14. The summed E-state index contributed by atoms with van der Waals surface area (Å²) in [6, 6.07) is 10.6. The number of phenolic OH excluding ortho intramolecular Hbond substituents is 1. The number of amides is 1. The molecule has 36 heavy (non-hydrogen) atoms. The van der Waals surface area contributed by atoms with Gasteiger partial charge >= 0.3 is 0 Å². The predicted molar refractivity (Wildman–Crippen MR) is 140 cm³/mol. The molecule has 1 fully saturated rings. The van der Waals surface area contributed by atoms with Gasteiger partial charge in [0.1, 0.15) is 11.4 Å². The molecule has 1 saturated heterocycles. The number of hydrogen-bond acceptors (Lipinski definition) is 6. The first-order valence-corrected chi connectivity index (χ1v) is 12.0. The van der Waals surface area contributed by atoms with Crippen LogP contribution < -0.4 is 10.9 Å². The highest BCUT2D eigenvalue weighted by molar-refractivity contribution is 6.10. The number of rotatable bonds is 8. The van der Waals surface area contributed by atoms with Crippen molar-refractivity contribution in [1.29, 1.82) is 0 Å². The van der Waals surface area contributed by atoms with Crippen LogP contribution >= 0.6 is 0 Å². The van der Waals surface area contributed by atoms with Gasteiger partial charge in [0.2, 0.25) is 6.41 Å². The van der Waals surface area contributed by atoms with Gasteiger partial charge in [-0.25, -0.2) is 9.67 Å². The van der Waals surface area contributed by atoms with E-state index in [0.29, 0.717) is 40.9 Å². The summed E-state index contributed by atoms with van der Waals surface area (Å²) >= 11 is 0. The van der Waals surface area contributed by atoms with E-state index >= 15 is 0 Å². The molecule has 5 rings (SSSR count). The maximum Gasteiger partial charge on any atom is 0.274 e. The molecule has 3 N–H and O–H groups in total. The van der Waals surface area contributed by atoms with Gasteiger partial charge in [0.05, 0.1) is 34.5 Å². The van der Waals surface area contributed by atoms with E-state index in [1.165, 1.54) is 12.8 Å². The van der Waals surface area contributed by atoms with Crippen molar-refractivity contribution in [1.82, 2.24) is 24.5 Å². The topological polar surface area (TPSA) is 121 Å². The molecular weight excluding hydrogens is 458 g/mol. The number of aromatic amines is 1. The number of anilines is 1. The summed E-state index contributed by atoms with van der Waals surface area (Å²) in [5.74, 6) is -0.104. The van der Waals surface area contributed by atoms with Crippen LogP contribution in [0.4, 0.5) is 11.4 Å². The molecule has 1 aliphatic heterocycles. The third-order valence-corrected chi connectivity index (χ3v) is 6.57. The number of H-pyrrole nitrogens is 1. The van der Waals surface area contributed by atoms with Gasteiger partial charge in [-0.15, -0.1) is 0 Å². The minimum absolute atomic E-state index is 0.0659. The van der Waals surface area contributed by atoms with Crippen LogP contribution in [0.2, 0.25) is 0 Å². The van der Waals surface area contributed by atoms with E-state index < -0.39 is 0 Å². The SMILES string of the molecule is CC(=Nc1c(O)cc(-n2ccc(C)n2)cc1NC=O)c1cccc2c(=O)n(CCN3CCCC3)[nH]c12. The van der Waals surface area contributed by atoms with Crippen LogP contribution in [-0.4, -0.2) is 61.3 Å². The zero-order valence-corrected chi connectivity index (χ0v) is 20.4. The summed E-state index contributed by atoms with van der Waals surface area (Å²) in [6.45, 7) is 7.24. The Morgan fingerprint density at radius 3 is 2.75 bits per heavy atom. The fourth-order valence-electron chi connectivity index (χ4n) is 4.70. The molecule has 2 aromatic heterocycles. The van der Waals surface area contributed by atoms with Gasteiger partial charge in [-0.1, -0.05) is 12.1 Å². The minimum Gasteiger partial charge on any atom is -0.506 e. The summed E-state index contributed by atoms with van der Waals surface area (Å²) < 4.78 is 3.26. The summed E-state index contributed by atoms with van der Waals surface area (Å²) in [7, 11) is 0. The first-order valence-electron chi connectivity index (χ1n) is 12.0. The van der Waals surface area contributed by atoms with E-state index in [2.05, 4.69) is 25.4 Å². The third-order valence-electron chi connectivity index (χ3n) is 6.57. The number of aromatic nitrogens is 4. The van der Waals surface area contributed by atoms with Crippen molar-refractivity contribution >= 4 is 34.4 Å². The highest BCUT2D eigenvalue weighted by Gasteiger charge is 2.17. The van der Waals surface area contributed by atoms with Gasteiger partial charge in [-0.2, -0.15) is 5.10 Å². The molecular formula is C26H29N7O3. The molecule has 1 amide bonds. The summed E-state index contributed by atoms with van der Waals surface area (Å²) in [6.07, 6.45) is 4.73. The average Bonchev–Trinajstić information content (AvgIpc) is 3.61. The molecule has 0 aliphatic carbocycles. The Bertz CT molecular complexity index is 1510. The Balaban J connectivity index is 1.52. The van der Waals surface area contributed by atoms with Crippen LogP contribution in [0.3, 0.4) is 0 Å². The van der Waals surface area contributed by atoms with Crippen LogP contribution in [0.25, 0.3) is 16.6 Å². The number of phenols is 1. The highest BCUT2D eigenvalue weighted by atomic mass is 16.3. The van der Waals surface area contributed by atoms with Gasteiger partial charge in [-0.3, -0.25) is 19.4 Å². The molecule has 0 unspecified atom stereocenters. The van der Waals surface area contributed by atoms with Crippen molar-refractivity contribution in [3.63, 3.8) is 0 Å². The Labute approximate surface area is 207 Å². The Hall–Kier alpha value is -4.18. The predicted octanol–water partition coefficient (Wildman–Crippen LogP) is 3.33. The number of fused-ring (bicyclic) bond motifs is 1. The fourth-order valence-corrected chi connectivity index (χ4v) is 4.70. The van der Waals surface area contributed by atoms with Gasteiger partial charge in [-0.05, 0) is 58.0 Å². The van der Waals surface area contributed by atoms with E-state index in [1.54, 1.807) is 33.8 Å². The van der Waals surface area contributed by atoms with Crippen LogP contribution in [0.15, 0.2) is 52.4 Å². The van der Waals surface area contributed by atoms with E-state index in [-0.39, 0.29) is 17.0 Å². The maximum atomic E-state index is 13.0. The van der Waals surface area contributed by atoms with Crippen molar-refractivity contribution in [2.24, 2.45) is 4.99 Å². The van der Waals surface area contributed by atoms with E-state index in [4.69, 9.17) is 0 Å². The molecule has 4 aromatic rings. The number of likely N-dealkylation sites (tertiary alicyclic amines) is 1. The largest absolute Gasteiger partial charge is 0.506 e. The van der Waals surface area contributed by atoms with Crippen LogP contribution in [0, 0.1) is 6.92 Å². The number of carbonyl (C=O) groups is 1. The van der Waals surface area contributed by atoms with Crippen molar-refractivity contribution in [3.05, 3.63) is 64.2 Å². The van der Waals surface area contributed by atoms with E-state index in [1.807, 2.05) is 32.0 Å². The van der Waals surface area contributed by atoms with Gasteiger partial charge in [0.15, 0.2) is 0 Å². The quantitative estimate of drug-likeness (QED) is 0.260. The number of aryl methyl sites for hydroxylation is 1. The lowest BCUT2D eigenvalue weighted by atomic mass is 10.1. The van der Waals surface area contributed by atoms with Crippen molar-refractivity contribution in [2.75, 3.05) is 25.0 Å². The van der Waals surface area contributed by atoms with Gasteiger partial charge in [0, 0.05) is 30.1 Å². The monoisotopic (exact) mass is 487 g/mol. The summed E-state index contributed by atoms with van der Waals surface area (Å²) in [4.78, 5) is 31.3. The molecule has 0 atom stereocenters. The Kier molecular flexibility index (Phi) is 6.43. The number of para-hydroxylation sites is 1. The smallest absolute Gasteiger partial charge is 0.274 e. The lowest BCUT2D eigenvalue weighted by molar-refractivity contribution is -0.105. The number of nitrogens with one attached hydrogen (secondary N) is 2. The van der Waals surface area contributed by atoms with Crippen LogP contribution in [-0.2, 0) is 11.3 Å². The average molecular weight is 488 g/mol. The first-order chi connectivity index (χ1) is 17.4. The number of hydrogen-bond donors (Lipinski definition) is 3. The number of nitrogens with zero attached hydrogens (tertiary/aromatic N) is 5. The van der Waals surface area contributed by atoms with E-state index in [0.717, 1.165) is 30.9 Å². The minimum atomic E-state index is -0.104. The van der Waals surface area contributed by atoms with Crippen molar-refractivity contribution in [2.45, 2.75) is 33.2 Å². The lowest BCUT2D eigenvalue weighted by Crippen LogP contribution is -2.28. The standard InChI is InChI=1S/C26H29N7O3/c1-17-8-11-32(29-17)19-14-22(27-16-34)25(23(35)15-19)28-18(2)20-6-5-7-21-24(20)30-33(26(21)36)13-12-31-9-3-4-10-31/h5-8,11,14-16,30,35H,3-4,9-10,12-13H2,1-2H3,(H,27,34). The second-order valence-electron chi connectivity index (χ2n) is 9.07.